The van der Waals surface area contributed by atoms with Gasteiger partial charge in [-0.25, -0.2) is 8.42 Å². The van der Waals surface area contributed by atoms with E-state index >= 15 is 0 Å². The van der Waals surface area contributed by atoms with Crippen molar-refractivity contribution in [2.45, 2.75) is 58.0 Å². The van der Waals surface area contributed by atoms with Crippen LogP contribution >= 0.6 is 0 Å². The van der Waals surface area contributed by atoms with Crippen LogP contribution in [0.4, 0.5) is 0 Å². The Morgan fingerprint density at radius 1 is 1.24 bits per heavy atom. The smallest absolute Gasteiger partial charge is 0.207 e. The van der Waals surface area contributed by atoms with Crippen LogP contribution in [-0.4, -0.2) is 24.8 Å². The van der Waals surface area contributed by atoms with Crippen molar-refractivity contribution < 1.29 is 8.42 Å². The maximum absolute atomic E-state index is 13.1. The van der Waals surface area contributed by atoms with E-state index in [4.69, 9.17) is 6.42 Å². The molecule has 1 aromatic rings. The Bertz CT molecular complexity index is 675. The van der Waals surface area contributed by atoms with E-state index in [1.807, 2.05) is 46.8 Å². The fraction of sp³-hybridized carbons (Fsp3) is 0.529. The average molecular weight is 305 g/mol. The predicted molar refractivity (Wildman–Crippen MR) is 85.5 cm³/mol. The van der Waals surface area contributed by atoms with Gasteiger partial charge in [-0.1, -0.05) is 37.5 Å². The van der Waals surface area contributed by atoms with Gasteiger partial charge in [0.2, 0.25) is 10.0 Å². The number of hydrogen-bond donors (Lipinski definition) is 0. The van der Waals surface area contributed by atoms with Gasteiger partial charge in [0.25, 0.3) is 0 Å². The molecule has 1 aromatic carbocycles. The molecule has 0 unspecified atom stereocenters. The second-order valence-corrected chi connectivity index (χ2v) is 8.07. The summed E-state index contributed by atoms with van der Waals surface area (Å²) < 4.78 is 27.7. The molecule has 0 spiro atoms. The summed E-state index contributed by atoms with van der Waals surface area (Å²) >= 11 is 0. The van der Waals surface area contributed by atoms with Gasteiger partial charge >= 0.3 is 0 Å². The fourth-order valence-corrected chi connectivity index (χ4v) is 5.57. The van der Waals surface area contributed by atoms with Crippen LogP contribution in [0.3, 0.4) is 0 Å². The van der Waals surface area contributed by atoms with E-state index < -0.39 is 10.0 Å². The third-order valence-corrected chi connectivity index (χ3v) is 6.44. The lowest BCUT2D eigenvalue weighted by atomic mass is 9.89. The zero-order chi connectivity index (χ0) is 15.9. The summed E-state index contributed by atoms with van der Waals surface area (Å²) in [6, 6.07) is 3.50. The van der Waals surface area contributed by atoms with Crippen molar-refractivity contribution in [1.29, 1.82) is 0 Å². The first-order valence-corrected chi connectivity index (χ1v) is 8.71. The maximum atomic E-state index is 13.1. The molecule has 2 atom stereocenters. The van der Waals surface area contributed by atoms with Gasteiger partial charge in [0.15, 0.2) is 0 Å². The summed E-state index contributed by atoms with van der Waals surface area (Å²) in [7, 11) is -3.54. The van der Waals surface area contributed by atoms with Crippen LogP contribution in [0.5, 0.6) is 0 Å². The van der Waals surface area contributed by atoms with Gasteiger partial charge in [0.05, 0.1) is 10.9 Å². The number of hydrogen-bond acceptors (Lipinski definition) is 2. The lowest BCUT2D eigenvalue weighted by Gasteiger charge is -2.47. The average Bonchev–Trinajstić information content (AvgIpc) is 2.24. The molecule has 0 N–H and O–H groups in total. The molecule has 1 saturated heterocycles. The second kappa shape index (κ2) is 5.47. The van der Waals surface area contributed by atoms with Crippen molar-refractivity contribution in [2.24, 2.45) is 5.92 Å². The van der Waals surface area contributed by atoms with Crippen molar-refractivity contribution in [3.8, 4) is 12.3 Å². The highest BCUT2D eigenvalue weighted by Crippen LogP contribution is 2.38. The third-order valence-electron chi connectivity index (χ3n) is 4.20. The first-order valence-electron chi connectivity index (χ1n) is 7.27. The minimum Gasteiger partial charge on any atom is -0.207 e. The van der Waals surface area contributed by atoms with Gasteiger partial charge in [-0.3, -0.25) is 0 Å². The number of rotatable bonds is 3. The molecular weight excluding hydrogens is 282 g/mol. The Kier molecular flexibility index (Phi) is 4.19. The van der Waals surface area contributed by atoms with Gasteiger partial charge in [0, 0.05) is 6.04 Å². The normalized spacial score (nSPS) is 22.9. The molecule has 4 heteroatoms. The standard InChI is InChI=1S/C17H23NO2S/c1-7-15-10-16(11(2)3)18(15)21(19,20)17-13(5)8-12(4)9-14(17)6/h1,8-9,11,15-16H,10H2,2-6H3/t15-,16-/m1/s1. The lowest BCUT2D eigenvalue weighted by molar-refractivity contribution is 0.110. The van der Waals surface area contributed by atoms with Crippen molar-refractivity contribution in [1.82, 2.24) is 4.31 Å². The summed E-state index contributed by atoms with van der Waals surface area (Å²) in [5.74, 6) is 2.87. The quantitative estimate of drug-likeness (QED) is 0.805. The highest BCUT2D eigenvalue weighted by molar-refractivity contribution is 7.89. The van der Waals surface area contributed by atoms with E-state index in [1.165, 1.54) is 4.31 Å². The topological polar surface area (TPSA) is 37.4 Å². The van der Waals surface area contributed by atoms with Crippen LogP contribution in [0.25, 0.3) is 0 Å². The number of aryl methyl sites for hydroxylation is 3. The zero-order valence-corrected chi connectivity index (χ0v) is 14.2. The van der Waals surface area contributed by atoms with Crippen LogP contribution in [0.2, 0.25) is 0 Å². The molecule has 1 aliphatic heterocycles. The Balaban J connectivity index is 2.55. The first-order chi connectivity index (χ1) is 9.70. The second-order valence-electron chi connectivity index (χ2n) is 6.29. The van der Waals surface area contributed by atoms with Gasteiger partial charge < -0.3 is 0 Å². The molecule has 0 radical (unpaired) electrons. The Hall–Kier alpha value is -1.31. The van der Waals surface area contributed by atoms with Crippen molar-refractivity contribution in [3.05, 3.63) is 28.8 Å². The van der Waals surface area contributed by atoms with Crippen molar-refractivity contribution in [3.63, 3.8) is 0 Å². The first kappa shape index (κ1) is 16.1. The molecule has 0 aliphatic carbocycles. The number of benzene rings is 1. The Morgan fingerprint density at radius 3 is 2.19 bits per heavy atom. The molecular formula is C17H23NO2S. The summed E-state index contributed by atoms with van der Waals surface area (Å²) in [6.07, 6.45) is 6.25. The molecule has 21 heavy (non-hydrogen) atoms. The van der Waals surface area contributed by atoms with E-state index in [1.54, 1.807) is 0 Å². The lowest BCUT2D eigenvalue weighted by Crippen LogP contribution is -2.59. The van der Waals surface area contributed by atoms with Crippen molar-refractivity contribution in [2.75, 3.05) is 0 Å². The molecule has 3 nitrogen and oxygen atoms in total. The van der Waals surface area contributed by atoms with Gasteiger partial charge in [0.1, 0.15) is 0 Å². The van der Waals surface area contributed by atoms with E-state index in [0.29, 0.717) is 4.90 Å². The van der Waals surface area contributed by atoms with Gasteiger partial charge in [-0.05, 0) is 44.2 Å². The summed E-state index contributed by atoms with van der Waals surface area (Å²) in [6.45, 7) is 9.74. The van der Waals surface area contributed by atoms with E-state index in [9.17, 15) is 8.42 Å². The highest BCUT2D eigenvalue weighted by Gasteiger charge is 2.47. The van der Waals surface area contributed by atoms with Gasteiger partial charge in [-0.2, -0.15) is 4.31 Å². The number of sulfonamides is 1. The molecule has 0 bridgehead atoms. The van der Waals surface area contributed by atoms with Crippen LogP contribution in [0, 0.1) is 39.0 Å². The van der Waals surface area contributed by atoms with Crippen LogP contribution in [0.1, 0.15) is 37.0 Å². The molecule has 1 fully saturated rings. The van der Waals surface area contributed by atoms with E-state index in [2.05, 4.69) is 5.92 Å². The molecule has 114 valence electrons. The summed E-state index contributed by atoms with van der Waals surface area (Å²) in [5, 5.41) is 0. The monoisotopic (exact) mass is 305 g/mol. The third kappa shape index (κ3) is 2.61. The largest absolute Gasteiger partial charge is 0.244 e. The summed E-state index contributed by atoms with van der Waals surface area (Å²) in [5.41, 5.74) is 2.65. The SMILES string of the molecule is C#C[C@@H]1C[C@H](C(C)C)N1S(=O)(=O)c1c(C)cc(C)cc1C. The predicted octanol–water partition coefficient (Wildman–Crippen LogP) is 3.03. The fourth-order valence-electron chi connectivity index (χ4n) is 3.26. The summed E-state index contributed by atoms with van der Waals surface area (Å²) in [4.78, 5) is 0.415. The van der Waals surface area contributed by atoms with E-state index in [-0.39, 0.29) is 18.0 Å². The minimum atomic E-state index is -3.54. The number of nitrogens with zero attached hydrogens (tertiary/aromatic N) is 1. The van der Waals surface area contributed by atoms with E-state index in [0.717, 1.165) is 23.1 Å². The molecule has 1 heterocycles. The van der Waals surface area contributed by atoms with Crippen LogP contribution in [0.15, 0.2) is 17.0 Å². The molecule has 0 saturated carbocycles. The molecule has 1 aliphatic rings. The van der Waals surface area contributed by atoms with Gasteiger partial charge in [-0.15, -0.1) is 6.42 Å². The maximum Gasteiger partial charge on any atom is 0.244 e. The Morgan fingerprint density at radius 2 is 1.76 bits per heavy atom. The van der Waals surface area contributed by atoms with Crippen LogP contribution < -0.4 is 0 Å². The molecule has 0 amide bonds. The molecule has 2 rings (SSSR count). The number of terminal acetylenes is 1. The van der Waals surface area contributed by atoms with Crippen LogP contribution in [-0.2, 0) is 10.0 Å². The van der Waals surface area contributed by atoms with Crippen molar-refractivity contribution >= 4 is 10.0 Å². The highest BCUT2D eigenvalue weighted by atomic mass is 32.2. The minimum absolute atomic E-state index is 0.00356. The molecule has 0 aromatic heterocycles. The Labute approximate surface area is 128 Å². The zero-order valence-electron chi connectivity index (χ0n) is 13.3.